The van der Waals surface area contributed by atoms with Crippen LogP contribution in [0.5, 0.6) is 5.75 Å². The molecule has 1 unspecified atom stereocenters. The number of ether oxygens (including phenoxy) is 1. The number of hydrogen-bond donors (Lipinski definition) is 1. The van der Waals surface area contributed by atoms with Crippen LogP contribution in [0.4, 0.5) is 0 Å². The van der Waals surface area contributed by atoms with Crippen molar-refractivity contribution < 1.29 is 9.53 Å². The Kier molecular flexibility index (Phi) is 3.79. The number of piperidine rings is 1. The molecule has 1 saturated heterocycles. The molecule has 2 rings (SSSR count). The Morgan fingerprint density at radius 2 is 2.18 bits per heavy atom. The van der Waals surface area contributed by atoms with Gasteiger partial charge < -0.3 is 10.1 Å². The monoisotopic (exact) mass is 273 g/mol. The maximum absolute atomic E-state index is 11.4. The molecule has 92 valence electrons. The van der Waals surface area contributed by atoms with Gasteiger partial charge in [0.15, 0.2) is 0 Å². The number of amides is 1. The van der Waals surface area contributed by atoms with Gasteiger partial charge in [0.05, 0.1) is 17.2 Å². The molecule has 1 aromatic rings. The minimum absolute atomic E-state index is 0.0411. The highest BCUT2D eigenvalue weighted by molar-refractivity contribution is 6.42. The summed E-state index contributed by atoms with van der Waals surface area (Å²) in [6.45, 7) is 0.662. The van der Waals surface area contributed by atoms with Crippen LogP contribution in [0.25, 0.3) is 0 Å². The van der Waals surface area contributed by atoms with Crippen molar-refractivity contribution >= 4 is 29.1 Å². The van der Waals surface area contributed by atoms with E-state index in [4.69, 9.17) is 27.9 Å². The molecule has 5 heteroatoms. The van der Waals surface area contributed by atoms with E-state index in [1.807, 2.05) is 0 Å². The highest BCUT2D eigenvalue weighted by Crippen LogP contribution is 2.41. The molecule has 1 amide bonds. The Hall–Kier alpha value is -0.930. The second-order valence-corrected chi connectivity index (χ2v) is 4.80. The lowest BCUT2D eigenvalue weighted by Crippen LogP contribution is -2.32. The van der Waals surface area contributed by atoms with Gasteiger partial charge in [-0.2, -0.15) is 0 Å². The number of rotatable bonds is 2. The summed E-state index contributed by atoms with van der Waals surface area (Å²) in [5.41, 5.74) is 0.844. The maximum Gasteiger partial charge on any atom is 0.220 e. The number of nitrogens with one attached hydrogen (secondary N) is 1. The third-order valence-corrected chi connectivity index (χ3v) is 3.79. The van der Waals surface area contributed by atoms with E-state index < -0.39 is 0 Å². The quantitative estimate of drug-likeness (QED) is 0.900. The zero-order valence-electron chi connectivity index (χ0n) is 9.43. The van der Waals surface area contributed by atoms with Gasteiger partial charge in [0.2, 0.25) is 5.91 Å². The van der Waals surface area contributed by atoms with Crippen LogP contribution in [-0.4, -0.2) is 19.6 Å². The normalized spacial score (nSPS) is 19.9. The van der Waals surface area contributed by atoms with E-state index in [1.54, 1.807) is 19.2 Å². The van der Waals surface area contributed by atoms with Crippen LogP contribution in [0.15, 0.2) is 12.1 Å². The van der Waals surface area contributed by atoms with Gasteiger partial charge in [0.1, 0.15) is 5.75 Å². The first-order valence-corrected chi connectivity index (χ1v) is 6.17. The first-order valence-electron chi connectivity index (χ1n) is 5.42. The molecule has 0 spiro atoms. The van der Waals surface area contributed by atoms with Crippen molar-refractivity contribution in [1.29, 1.82) is 0 Å². The van der Waals surface area contributed by atoms with Gasteiger partial charge in [0, 0.05) is 18.5 Å². The van der Waals surface area contributed by atoms with Crippen LogP contribution >= 0.6 is 23.2 Å². The number of carbonyl (C=O) groups is 1. The number of hydrogen-bond acceptors (Lipinski definition) is 2. The van der Waals surface area contributed by atoms with E-state index in [-0.39, 0.29) is 11.8 Å². The summed E-state index contributed by atoms with van der Waals surface area (Å²) in [6.07, 6.45) is 1.28. The van der Waals surface area contributed by atoms with Gasteiger partial charge in [-0.15, -0.1) is 0 Å². The fraction of sp³-hybridized carbons (Fsp3) is 0.417. The second kappa shape index (κ2) is 5.15. The Balaban J connectivity index is 2.41. The van der Waals surface area contributed by atoms with Crippen molar-refractivity contribution in [2.75, 3.05) is 13.7 Å². The fourth-order valence-corrected chi connectivity index (χ4v) is 2.61. The fourth-order valence-electron chi connectivity index (χ4n) is 2.14. The van der Waals surface area contributed by atoms with E-state index in [0.717, 1.165) is 12.0 Å². The molecule has 0 aliphatic carbocycles. The van der Waals surface area contributed by atoms with Crippen LogP contribution in [0, 0.1) is 0 Å². The summed E-state index contributed by atoms with van der Waals surface area (Å²) in [6, 6.07) is 3.49. The number of carbonyl (C=O) groups excluding carboxylic acids is 1. The van der Waals surface area contributed by atoms with Crippen LogP contribution < -0.4 is 10.1 Å². The Morgan fingerprint density at radius 3 is 2.82 bits per heavy atom. The third kappa shape index (κ3) is 2.50. The highest BCUT2D eigenvalue weighted by atomic mass is 35.5. The molecule has 1 heterocycles. The summed E-state index contributed by atoms with van der Waals surface area (Å²) in [4.78, 5) is 11.4. The SMILES string of the molecule is COc1ccc(Cl)c(Cl)c1C1CCNC(=O)C1. The largest absolute Gasteiger partial charge is 0.496 e. The Morgan fingerprint density at radius 1 is 1.41 bits per heavy atom. The van der Waals surface area contributed by atoms with Gasteiger partial charge in [-0.3, -0.25) is 4.79 Å². The minimum atomic E-state index is 0.0411. The van der Waals surface area contributed by atoms with Gasteiger partial charge in [-0.1, -0.05) is 23.2 Å². The molecular formula is C12H13Cl2NO2. The first-order chi connectivity index (χ1) is 8.13. The standard InChI is InChI=1S/C12H13Cl2NO2/c1-17-9-3-2-8(13)12(14)11(9)7-4-5-15-10(16)6-7/h2-3,7H,4-6H2,1H3,(H,15,16). The van der Waals surface area contributed by atoms with Crippen LogP contribution in [0.3, 0.4) is 0 Å². The zero-order valence-corrected chi connectivity index (χ0v) is 10.9. The lowest BCUT2D eigenvalue weighted by atomic mass is 9.89. The summed E-state index contributed by atoms with van der Waals surface area (Å²) in [7, 11) is 1.59. The highest BCUT2D eigenvalue weighted by Gasteiger charge is 2.26. The lowest BCUT2D eigenvalue weighted by molar-refractivity contribution is -0.122. The number of methoxy groups -OCH3 is 1. The molecular weight excluding hydrogens is 261 g/mol. The molecule has 0 saturated carbocycles. The molecule has 17 heavy (non-hydrogen) atoms. The average molecular weight is 274 g/mol. The molecule has 0 radical (unpaired) electrons. The lowest BCUT2D eigenvalue weighted by Gasteiger charge is -2.25. The van der Waals surface area contributed by atoms with Gasteiger partial charge in [-0.25, -0.2) is 0 Å². The summed E-state index contributed by atoms with van der Waals surface area (Å²) >= 11 is 12.2. The molecule has 1 aromatic carbocycles. The second-order valence-electron chi connectivity index (χ2n) is 4.02. The van der Waals surface area contributed by atoms with Crippen molar-refractivity contribution in [2.24, 2.45) is 0 Å². The van der Waals surface area contributed by atoms with Crippen molar-refractivity contribution in [3.8, 4) is 5.75 Å². The van der Waals surface area contributed by atoms with E-state index in [2.05, 4.69) is 5.32 Å². The van der Waals surface area contributed by atoms with Crippen molar-refractivity contribution in [3.05, 3.63) is 27.7 Å². The molecule has 1 atom stereocenters. The topological polar surface area (TPSA) is 38.3 Å². The molecule has 1 N–H and O–H groups in total. The van der Waals surface area contributed by atoms with Crippen molar-refractivity contribution in [2.45, 2.75) is 18.8 Å². The van der Waals surface area contributed by atoms with Gasteiger partial charge in [-0.05, 0) is 24.5 Å². The molecule has 1 fully saturated rings. The first kappa shape index (κ1) is 12.5. The zero-order chi connectivity index (χ0) is 12.4. The maximum atomic E-state index is 11.4. The minimum Gasteiger partial charge on any atom is -0.496 e. The predicted octanol–water partition coefficient (Wildman–Crippen LogP) is 3.00. The molecule has 0 aromatic heterocycles. The van der Waals surface area contributed by atoms with Gasteiger partial charge in [0.25, 0.3) is 0 Å². The van der Waals surface area contributed by atoms with E-state index >= 15 is 0 Å². The molecule has 0 bridgehead atoms. The molecule has 3 nitrogen and oxygen atoms in total. The third-order valence-electron chi connectivity index (χ3n) is 2.97. The van der Waals surface area contributed by atoms with E-state index in [0.29, 0.717) is 28.8 Å². The van der Waals surface area contributed by atoms with Crippen LogP contribution in [0.2, 0.25) is 10.0 Å². The van der Waals surface area contributed by atoms with Crippen molar-refractivity contribution in [3.63, 3.8) is 0 Å². The van der Waals surface area contributed by atoms with Crippen molar-refractivity contribution in [1.82, 2.24) is 5.32 Å². The Labute approximate surface area is 110 Å². The van der Waals surface area contributed by atoms with E-state index in [1.165, 1.54) is 0 Å². The predicted molar refractivity (Wildman–Crippen MR) is 68.0 cm³/mol. The van der Waals surface area contributed by atoms with E-state index in [9.17, 15) is 4.79 Å². The summed E-state index contributed by atoms with van der Waals surface area (Å²) in [5, 5.41) is 3.78. The summed E-state index contributed by atoms with van der Waals surface area (Å²) in [5.74, 6) is 0.809. The van der Waals surface area contributed by atoms with Crippen LogP contribution in [-0.2, 0) is 4.79 Å². The van der Waals surface area contributed by atoms with Crippen LogP contribution in [0.1, 0.15) is 24.3 Å². The molecule has 1 aliphatic rings. The smallest absolute Gasteiger partial charge is 0.220 e. The molecule has 1 aliphatic heterocycles. The average Bonchev–Trinajstić information content (AvgIpc) is 2.32. The number of benzene rings is 1. The summed E-state index contributed by atoms with van der Waals surface area (Å²) < 4.78 is 5.29. The number of halogens is 2. The van der Waals surface area contributed by atoms with Gasteiger partial charge >= 0.3 is 0 Å². The Bertz CT molecular complexity index is 448.